The third-order valence-electron chi connectivity index (χ3n) is 5.08. The molecular formula is C21H24ClNO3S. The molecule has 0 fully saturated rings. The largest absolute Gasteiger partial charge is 0.335 e. The van der Waals surface area contributed by atoms with Crippen molar-refractivity contribution in [2.75, 3.05) is 12.8 Å². The van der Waals surface area contributed by atoms with Crippen molar-refractivity contribution in [3.8, 4) is 0 Å². The van der Waals surface area contributed by atoms with Crippen LogP contribution < -0.4 is 0 Å². The number of nitrogens with zero attached hydrogens (tertiary/aromatic N) is 1. The average Bonchev–Trinajstić information content (AvgIpc) is 2.64. The molecule has 0 bridgehead atoms. The van der Waals surface area contributed by atoms with Crippen molar-refractivity contribution < 1.29 is 13.2 Å². The number of rotatable bonds is 5. The van der Waals surface area contributed by atoms with Crippen LogP contribution in [0.25, 0.3) is 0 Å². The monoisotopic (exact) mass is 405 g/mol. The highest BCUT2D eigenvalue weighted by atomic mass is 35.5. The summed E-state index contributed by atoms with van der Waals surface area (Å²) in [6.07, 6.45) is 4.60. The van der Waals surface area contributed by atoms with Crippen molar-refractivity contribution >= 4 is 27.3 Å². The summed E-state index contributed by atoms with van der Waals surface area (Å²) in [5.74, 6) is -0.197. The van der Waals surface area contributed by atoms with Gasteiger partial charge in [0.1, 0.15) is 0 Å². The first kappa shape index (κ1) is 19.9. The van der Waals surface area contributed by atoms with Crippen LogP contribution in [-0.2, 0) is 22.7 Å². The minimum atomic E-state index is -3.41. The fourth-order valence-electron chi connectivity index (χ4n) is 3.69. The van der Waals surface area contributed by atoms with Crippen LogP contribution in [0.3, 0.4) is 0 Å². The molecule has 3 rings (SSSR count). The quantitative estimate of drug-likeness (QED) is 0.750. The molecule has 0 saturated carbocycles. The molecule has 4 nitrogen and oxygen atoms in total. The van der Waals surface area contributed by atoms with E-state index < -0.39 is 9.84 Å². The van der Waals surface area contributed by atoms with Gasteiger partial charge in [-0.05, 0) is 55.0 Å². The second-order valence-electron chi connectivity index (χ2n) is 7.08. The van der Waals surface area contributed by atoms with Crippen LogP contribution in [-0.4, -0.2) is 38.1 Å². The summed E-state index contributed by atoms with van der Waals surface area (Å²) in [5.41, 5.74) is 2.88. The van der Waals surface area contributed by atoms with Gasteiger partial charge in [-0.1, -0.05) is 42.8 Å². The highest BCUT2D eigenvalue weighted by molar-refractivity contribution is 7.90. The maximum absolute atomic E-state index is 13.3. The number of carbonyl (C=O) groups is 1. The van der Waals surface area contributed by atoms with E-state index in [0.29, 0.717) is 6.54 Å². The van der Waals surface area contributed by atoms with Gasteiger partial charge in [0.25, 0.3) is 5.91 Å². The molecule has 6 heteroatoms. The first-order chi connectivity index (χ1) is 12.8. The van der Waals surface area contributed by atoms with E-state index in [0.717, 1.165) is 31.9 Å². The van der Waals surface area contributed by atoms with E-state index >= 15 is 0 Å². The average molecular weight is 406 g/mol. The van der Waals surface area contributed by atoms with Crippen LogP contribution in [0.1, 0.15) is 41.3 Å². The summed E-state index contributed by atoms with van der Waals surface area (Å²) in [7, 11) is -3.41. The number of hydrogen-bond acceptors (Lipinski definition) is 3. The van der Waals surface area contributed by atoms with Crippen molar-refractivity contribution in [2.24, 2.45) is 0 Å². The Morgan fingerprint density at radius 2 is 1.89 bits per heavy atom. The second-order valence-corrected chi connectivity index (χ2v) is 9.50. The van der Waals surface area contributed by atoms with Gasteiger partial charge >= 0.3 is 0 Å². The molecule has 27 heavy (non-hydrogen) atoms. The Morgan fingerprint density at radius 3 is 2.56 bits per heavy atom. The summed E-state index contributed by atoms with van der Waals surface area (Å²) in [6, 6.07) is 12.8. The number of hydrogen-bond donors (Lipinski definition) is 0. The van der Waals surface area contributed by atoms with Crippen LogP contribution in [0.5, 0.6) is 0 Å². The summed E-state index contributed by atoms with van der Waals surface area (Å²) in [4.78, 5) is 15.3. The molecule has 1 unspecified atom stereocenters. The maximum atomic E-state index is 13.3. The Kier molecular flexibility index (Phi) is 5.92. The van der Waals surface area contributed by atoms with E-state index in [4.69, 9.17) is 11.6 Å². The number of halogens is 1. The Morgan fingerprint density at radius 1 is 1.19 bits per heavy atom. The number of fused-ring (bicyclic) bond motifs is 1. The lowest BCUT2D eigenvalue weighted by Crippen LogP contribution is -2.44. The predicted octanol–water partition coefficient (Wildman–Crippen LogP) is 4.15. The van der Waals surface area contributed by atoms with Crippen LogP contribution in [0.2, 0.25) is 5.02 Å². The van der Waals surface area contributed by atoms with Crippen molar-refractivity contribution in [1.82, 2.24) is 4.90 Å². The molecule has 1 aliphatic carbocycles. The second kappa shape index (κ2) is 8.03. The molecule has 2 aromatic rings. The predicted molar refractivity (Wildman–Crippen MR) is 108 cm³/mol. The van der Waals surface area contributed by atoms with Crippen molar-refractivity contribution in [1.29, 1.82) is 0 Å². The highest BCUT2D eigenvalue weighted by Gasteiger charge is 2.29. The van der Waals surface area contributed by atoms with Crippen LogP contribution in [0.4, 0.5) is 0 Å². The fraction of sp³-hybridized carbons (Fsp3) is 0.381. The topological polar surface area (TPSA) is 54.5 Å². The highest BCUT2D eigenvalue weighted by Crippen LogP contribution is 2.28. The molecule has 0 saturated heterocycles. The zero-order valence-electron chi connectivity index (χ0n) is 15.6. The minimum Gasteiger partial charge on any atom is -0.335 e. The van der Waals surface area contributed by atoms with Gasteiger partial charge in [-0.25, -0.2) is 8.42 Å². The standard InChI is InChI=1S/C21H24ClNO3S/c1-3-12-23(17-9-8-15-6-4-5-7-16(15)13-17)21(24)19-14-18(27(2,25)26)10-11-20(19)22/h4-7,10-11,14,17H,3,8-9,12-13H2,1-2H3. The maximum Gasteiger partial charge on any atom is 0.255 e. The van der Waals surface area contributed by atoms with Gasteiger partial charge in [0.05, 0.1) is 15.5 Å². The molecule has 2 aromatic carbocycles. The van der Waals surface area contributed by atoms with Crippen LogP contribution >= 0.6 is 11.6 Å². The summed E-state index contributed by atoms with van der Waals surface area (Å²) in [5, 5.41) is 0.282. The van der Waals surface area contributed by atoms with Gasteiger partial charge in [0, 0.05) is 18.8 Å². The summed E-state index contributed by atoms with van der Waals surface area (Å²) in [6.45, 7) is 2.65. The van der Waals surface area contributed by atoms with Gasteiger partial charge in [0.15, 0.2) is 9.84 Å². The lowest BCUT2D eigenvalue weighted by atomic mass is 9.87. The van der Waals surface area contributed by atoms with E-state index in [1.54, 1.807) is 0 Å². The van der Waals surface area contributed by atoms with Crippen molar-refractivity contribution in [3.63, 3.8) is 0 Å². The number of carbonyl (C=O) groups excluding carboxylic acids is 1. The van der Waals surface area contributed by atoms with E-state index in [1.165, 1.54) is 29.3 Å². The molecule has 0 radical (unpaired) electrons. The normalized spacial score (nSPS) is 16.6. The van der Waals surface area contributed by atoms with Gasteiger partial charge < -0.3 is 4.90 Å². The van der Waals surface area contributed by atoms with Crippen molar-refractivity contribution in [3.05, 3.63) is 64.2 Å². The molecule has 1 atom stereocenters. The van der Waals surface area contributed by atoms with Crippen molar-refractivity contribution in [2.45, 2.75) is 43.5 Å². The number of benzene rings is 2. The zero-order valence-corrected chi connectivity index (χ0v) is 17.2. The molecule has 0 spiro atoms. The van der Waals surface area contributed by atoms with E-state index in [9.17, 15) is 13.2 Å². The van der Waals surface area contributed by atoms with E-state index in [-0.39, 0.29) is 27.4 Å². The third kappa shape index (κ3) is 4.36. The molecule has 0 aromatic heterocycles. The van der Waals surface area contributed by atoms with Gasteiger partial charge in [-0.3, -0.25) is 4.79 Å². The number of amides is 1. The molecular weight excluding hydrogens is 382 g/mol. The lowest BCUT2D eigenvalue weighted by Gasteiger charge is -2.35. The van der Waals surface area contributed by atoms with Crippen LogP contribution in [0.15, 0.2) is 47.4 Å². The molecule has 1 amide bonds. The van der Waals surface area contributed by atoms with Gasteiger partial charge in [0.2, 0.25) is 0 Å². The Labute approximate surface area is 166 Å². The molecule has 0 heterocycles. The first-order valence-electron chi connectivity index (χ1n) is 9.18. The number of sulfone groups is 1. The molecule has 144 valence electrons. The summed E-state index contributed by atoms with van der Waals surface area (Å²) >= 11 is 6.26. The number of aryl methyl sites for hydroxylation is 1. The fourth-order valence-corrected chi connectivity index (χ4v) is 4.53. The zero-order chi connectivity index (χ0) is 19.6. The molecule has 0 N–H and O–H groups in total. The van der Waals surface area contributed by atoms with E-state index in [1.807, 2.05) is 24.0 Å². The smallest absolute Gasteiger partial charge is 0.255 e. The summed E-state index contributed by atoms with van der Waals surface area (Å²) < 4.78 is 23.8. The molecule has 1 aliphatic rings. The SMILES string of the molecule is CCCN(C(=O)c1cc(S(C)(=O)=O)ccc1Cl)C1CCc2ccccc2C1. The van der Waals surface area contributed by atoms with Crippen LogP contribution in [0, 0.1) is 0 Å². The minimum absolute atomic E-state index is 0.0882. The Balaban J connectivity index is 1.93. The lowest BCUT2D eigenvalue weighted by molar-refractivity contribution is 0.0661. The Bertz CT molecular complexity index is 956. The van der Waals surface area contributed by atoms with Gasteiger partial charge in [-0.15, -0.1) is 0 Å². The third-order valence-corrected chi connectivity index (χ3v) is 6.52. The molecule has 0 aliphatic heterocycles. The van der Waals surface area contributed by atoms with E-state index in [2.05, 4.69) is 12.1 Å². The first-order valence-corrected chi connectivity index (χ1v) is 11.5. The van der Waals surface area contributed by atoms with Gasteiger partial charge in [-0.2, -0.15) is 0 Å². The Hall–Kier alpha value is -1.85.